The predicted octanol–water partition coefficient (Wildman–Crippen LogP) is 4.09. The van der Waals surface area contributed by atoms with Crippen molar-refractivity contribution in [2.75, 3.05) is 13.2 Å². The van der Waals surface area contributed by atoms with Gasteiger partial charge in [0.15, 0.2) is 47.6 Å². The fourth-order valence-corrected chi connectivity index (χ4v) is 9.05. The minimum absolute atomic E-state index is 0. The van der Waals surface area contributed by atoms with Crippen LogP contribution in [0.5, 0.6) is 0 Å². The van der Waals surface area contributed by atoms with E-state index in [2.05, 4.69) is 15.0 Å². The van der Waals surface area contributed by atoms with Gasteiger partial charge in [0.1, 0.15) is 33.7 Å². The number of nitrogens with one attached hydrogen (secondary N) is 4. The van der Waals surface area contributed by atoms with Gasteiger partial charge in [0, 0.05) is 48.8 Å². The summed E-state index contributed by atoms with van der Waals surface area (Å²) in [5.41, 5.74) is -11.4. The number of aromatic nitrogens is 8. The van der Waals surface area contributed by atoms with Crippen LogP contribution in [0, 0.1) is 21.1 Å². The van der Waals surface area contributed by atoms with E-state index in [0.29, 0.717) is 11.1 Å². The lowest BCUT2D eigenvalue weighted by Crippen LogP contribution is -2.43. The summed E-state index contributed by atoms with van der Waals surface area (Å²) in [6, 6.07) is 5.19. The minimum Gasteiger partial charge on any atom is -0.394 e. The summed E-state index contributed by atoms with van der Waals surface area (Å²) in [7, 11) is 0. The monoisotopic (exact) mass is 1110 g/mol. The number of aromatic amines is 4. The van der Waals surface area contributed by atoms with Gasteiger partial charge in [-0.05, 0) is 52.7 Å². The van der Waals surface area contributed by atoms with Crippen molar-refractivity contribution in [3.63, 3.8) is 0 Å². The van der Waals surface area contributed by atoms with E-state index in [-0.39, 0.29) is 51.0 Å². The Kier molecular flexibility index (Phi) is 22.8. The fourth-order valence-electron chi connectivity index (χ4n) is 8.76. The topological polar surface area (TPSA) is 303 Å². The second-order valence-corrected chi connectivity index (χ2v) is 19.3. The zero-order valence-corrected chi connectivity index (χ0v) is 42.0. The molecule has 0 bridgehead atoms. The maximum Gasteiger partial charge on any atom is 0.330 e. The molecule has 0 amide bonds. The van der Waals surface area contributed by atoms with Crippen LogP contribution in [0.2, 0.25) is 0 Å². The molecule has 0 saturated carbocycles. The number of halogens is 4. The summed E-state index contributed by atoms with van der Waals surface area (Å²) < 4.78 is 84.4. The van der Waals surface area contributed by atoms with E-state index in [1.165, 1.54) is 49.1 Å². The predicted molar refractivity (Wildman–Crippen MR) is 273 cm³/mol. The largest absolute Gasteiger partial charge is 0.394 e. The molecular formula is C47H72F4N8O14S2. The molecule has 4 aliphatic heterocycles. The number of H-pyrrole nitrogens is 4. The average Bonchev–Trinajstić information content (AvgIpc) is 3.87. The van der Waals surface area contributed by atoms with Crippen molar-refractivity contribution in [2.24, 2.45) is 11.8 Å². The molecule has 4 aromatic heterocycles. The van der Waals surface area contributed by atoms with Gasteiger partial charge >= 0.3 is 22.8 Å². The number of hydrogen-bond acceptors (Lipinski definition) is 16. The Bertz CT molecular complexity index is 2610. The molecule has 424 valence electrons. The third-order valence-electron chi connectivity index (χ3n) is 13.5. The highest BCUT2D eigenvalue weighted by molar-refractivity contribution is 7.71. The number of aliphatic hydroxyl groups is 4. The van der Waals surface area contributed by atoms with Crippen LogP contribution in [0.25, 0.3) is 0 Å². The van der Waals surface area contributed by atoms with E-state index in [0.717, 1.165) is 46.2 Å². The SMILES string of the molecule is C.C.C.CC1(F)[C@@H](O)[C@@H](CO)O[C@H]1n1ccc(=O)[nH]c1=O.CC1(F)[C@@H](O)[C@@H](CO)O[C@H]1n1ccc(=S)[nH]c1=O.CC[C@H]1O[C@@H](n2ccc(=O)[nH]c2=O)C(C)(F)[C@H]1C.CC[C@H]1O[C@@H](n2ccc(=S)[nH]c2=O)C(C)(F)[C@H]1C. The first-order valence-electron chi connectivity index (χ1n) is 22.7. The van der Waals surface area contributed by atoms with Crippen molar-refractivity contribution in [1.82, 2.24) is 38.2 Å². The van der Waals surface area contributed by atoms with E-state index in [9.17, 15) is 56.5 Å². The molecule has 16 atom stereocenters. The van der Waals surface area contributed by atoms with Crippen LogP contribution in [0.15, 0.2) is 77.8 Å². The zero-order valence-electron chi connectivity index (χ0n) is 40.4. The van der Waals surface area contributed by atoms with Gasteiger partial charge in [0.25, 0.3) is 11.1 Å². The second kappa shape index (κ2) is 25.9. The first kappa shape index (κ1) is 66.1. The summed E-state index contributed by atoms with van der Waals surface area (Å²) in [6.45, 7) is 11.4. The molecule has 0 aromatic carbocycles. The molecular weight excluding hydrogens is 1040 g/mol. The van der Waals surface area contributed by atoms with Crippen LogP contribution in [0.4, 0.5) is 17.6 Å². The lowest BCUT2D eigenvalue weighted by Gasteiger charge is -2.25. The number of nitrogens with zero attached hydrogens (tertiary/aromatic N) is 4. The van der Waals surface area contributed by atoms with Gasteiger partial charge in [0.2, 0.25) is 0 Å². The Morgan fingerprint density at radius 3 is 0.973 bits per heavy atom. The van der Waals surface area contributed by atoms with Gasteiger partial charge in [-0.1, -0.05) is 74.4 Å². The van der Waals surface area contributed by atoms with Gasteiger partial charge < -0.3 is 39.4 Å². The van der Waals surface area contributed by atoms with Gasteiger partial charge in [-0.15, -0.1) is 0 Å². The number of rotatable bonds is 8. The number of hydrogen-bond donors (Lipinski definition) is 8. The summed E-state index contributed by atoms with van der Waals surface area (Å²) >= 11 is 9.62. The molecule has 4 aromatic rings. The van der Waals surface area contributed by atoms with Crippen molar-refractivity contribution >= 4 is 24.4 Å². The van der Waals surface area contributed by atoms with Gasteiger partial charge in [-0.2, -0.15) is 0 Å². The van der Waals surface area contributed by atoms with Crippen molar-refractivity contribution in [1.29, 1.82) is 0 Å². The van der Waals surface area contributed by atoms with E-state index in [4.69, 9.17) is 53.6 Å². The third kappa shape index (κ3) is 13.6. The zero-order chi connectivity index (χ0) is 54.0. The highest BCUT2D eigenvalue weighted by atomic mass is 32.1. The normalized spacial score (nSPS) is 34.5. The van der Waals surface area contributed by atoms with Crippen molar-refractivity contribution in [3.8, 4) is 0 Å². The van der Waals surface area contributed by atoms with Crippen molar-refractivity contribution in [2.45, 2.75) is 175 Å². The Balaban J connectivity index is 0.000000338. The smallest absolute Gasteiger partial charge is 0.330 e. The molecule has 0 radical (unpaired) electrons. The minimum atomic E-state index is -2.25. The molecule has 0 aliphatic carbocycles. The van der Waals surface area contributed by atoms with Crippen LogP contribution in [-0.4, -0.2) is 131 Å². The first-order chi connectivity index (χ1) is 33.5. The van der Waals surface area contributed by atoms with E-state index in [1.807, 2.05) is 25.8 Å². The Morgan fingerprint density at radius 1 is 0.493 bits per heavy atom. The molecule has 4 saturated heterocycles. The maximum atomic E-state index is 14.7. The second-order valence-electron chi connectivity index (χ2n) is 18.4. The number of ether oxygens (including phenoxy) is 4. The van der Waals surface area contributed by atoms with Crippen LogP contribution >= 0.6 is 24.4 Å². The molecule has 75 heavy (non-hydrogen) atoms. The summed E-state index contributed by atoms with van der Waals surface area (Å²) in [5, 5.41) is 37.3. The molecule has 8 rings (SSSR count). The standard InChI is InChI=1S/C12H17FN2O3.C12H17FN2O2S.C10H13FN2O5.C10H13FN2O4S.3CH4/c1-4-8-7(2)12(3,13)10(18-8)15-6-5-9(16)14-11(15)17;1-4-8-7(2)12(3,13)10(17-8)15-6-5-9(18)14-11(15)16;1-10(11)7(16)5(4-14)18-8(10)13-3-2-6(15)12-9(13)17;1-10(11)7(15)5(4-14)17-8(10)13-3-2-6(18)12-9(13)16;;;/h5-8,10H,4H2,1-3H3,(H,14,16,17);5-8,10H,4H2,1-3H3,(H,14,16,18);2-3,5,7-8,14,16H,4H2,1H3,(H,12,15,17);2-3,5,7-8,14-15H,4H2,1H3,(H,12,16,18);3*1H4/t2*7-,8+,10+,12?;2*5-,7+,8-,10?;;;/m0011.../s1. The van der Waals surface area contributed by atoms with Gasteiger partial charge in [-0.3, -0.25) is 47.8 Å². The quantitative estimate of drug-likeness (QED) is 0.0910. The third-order valence-corrected chi connectivity index (χ3v) is 14.0. The Labute approximate surface area is 439 Å². The summed E-state index contributed by atoms with van der Waals surface area (Å²) in [6.07, 6.45) is -3.79. The molecule has 4 unspecified atom stereocenters. The van der Waals surface area contributed by atoms with Gasteiger partial charge in [-0.25, -0.2) is 36.7 Å². The number of aliphatic hydroxyl groups excluding tert-OH is 4. The van der Waals surface area contributed by atoms with Crippen LogP contribution in [0.1, 0.15) is 115 Å². The molecule has 4 aliphatic rings. The molecule has 0 spiro atoms. The lowest BCUT2D eigenvalue weighted by molar-refractivity contribution is -0.0611. The molecule has 28 heteroatoms. The van der Waals surface area contributed by atoms with Crippen molar-refractivity contribution < 1.29 is 56.9 Å². The van der Waals surface area contributed by atoms with Gasteiger partial charge in [0.05, 0.1) is 25.4 Å². The van der Waals surface area contributed by atoms with E-state index in [1.54, 1.807) is 13.0 Å². The van der Waals surface area contributed by atoms with E-state index < -0.39 is 119 Å². The fraction of sp³-hybridized carbons (Fsp3) is 0.660. The Hall–Kier alpha value is -5.04. The lowest BCUT2D eigenvalue weighted by atomic mass is 9.88. The van der Waals surface area contributed by atoms with Crippen molar-refractivity contribution in [3.05, 3.63) is 121 Å². The highest BCUT2D eigenvalue weighted by Gasteiger charge is 2.57. The first-order valence-corrected chi connectivity index (χ1v) is 23.5. The molecule has 4 fully saturated rings. The molecule has 8 N–H and O–H groups in total. The average molecular weight is 1110 g/mol. The molecule has 8 heterocycles. The Morgan fingerprint density at radius 2 is 0.747 bits per heavy atom. The van der Waals surface area contributed by atoms with Crippen LogP contribution in [0.3, 0.4) is 0 Å². The van der Waals surface area contributed by atoms with Crippen LogP contribution in [-0.2, 0) is 18.9 Å². The highest BCUT2D eigenvalue weighted by Crippen LogP contribution is 2.47. The van der Waals surface area contributed by atoms with E-state index >= 15 is 0 Å². The maximum absolute atomic E-state index is 14.7. The summed E-state index contributed by atoms with van der Waals surface area (Å²) in [4.78, 5) is 77.5. The van der Waals surface area contributed by atoms with Crippen LogP contribution < -0.4 is 33.9 Å². The summed E-state index contributed by atoms with van der Waals surface area (Å²) in [5.74, 6) is -0.575. The molecule has 22 nitrogen and oxygen atoms in total. The number of alkyl halides is 4.